The maximum atomic E-state index is 12.0. The van der Waals surface area contributed by atoms with Crippen molar-refractivity contribution >= 4 is 5.91 Å². The first kappa shape index (κ1) is 16.0. The van der Waals surface area contributed by atoms with Gasteiger partial charge in [0.15, 0.2) is 0 Å². The molecule has 1 aromatic carbocycles. The van der Waals surface area contributed by atoms with Crippen LogP contribution in [0.4, 0.5) is 0 Å². The first-order chi connectivity index (χ1) is 9.93. The van der Waals surface area contributed by atoms with E-state index in [0.29, 0.717) is 18.5 Å². The summed E-state index contributed by atoms with van der Waals surface area (Å²) in [5, 5.41) is 0. The fraction of sp³-hybridized carbons (Fsp3) is 0.588. The van der Waals surface area contributed by atoms with Gasteiger partial charge in [0.05, 0.1) is 0 Å². The summed E-state index contributed by atoms with van der Waals surface area (Å²) in [6.45, 7) is 5.91. The van der Waals surface area contributed by atoms with E-state index in [0.717, 1.165) is 18.5 Å². The van der Waals surface area contributed by atoms with Gasteiger partial charge >= 0.3 is 0 Å². The molecule has 0 bridgehead atoms. The first-order valence-electron chi connectivity index (χ1n) is 7.82. The second-order valence-electron chi connectivity index (χ2n) is 6.59. The van der Waals surface area contributed by atoms with Crippen LogP contribution >= 0.6 is 0 Å². The van der Waals surface area contributed by atoms with E-state index in [2.05, 4.69) is 18.7 Å². The number of benzene rings is 1. The van der Waals surface area contributed by atoms with E-state index < -0.39 is 11.4 Å². The second-order valence-corrected chi connectivity index (χ2v) is 6.59. The number of hydrogen-bond acceptors (Lipinski definition) is 3. The molecule has 1 fully saturated rings. The Hall–Kier alpha value is -1.39. The highest BCUT2D eigenvalue weighted by atomic mass is 16.1. The molecule has 1 aliphatic carbocycles. The maximum Gasteiger partial charge on any atom is 0.243 e. The highest BCUT2D eigenvalue weighted by molar-refractivity contribution is 5.86. The van der Waals surface area contributed by atoms with E-state index in [9.17, 15) is 4.79 Å². The lowest BCUT2D eigenvalue weighted by atomic mass is 9.89. The normalized spacial score (nSPS) is 18.0. The number of primary amides is 1. The third-order valence-corrected chi connectivity index (χ3v) is 4.24. The van der Waals surface area contributed by atoms with Crippen LogP contribution in [0.3, 0.4) is 0 Å². The molecule has 0 radical (unpaired) electrons. The third kappa shape index (κ3) is 4.05. The zero-order valence-corrected chi connectivity index (χ0v) is 13.1. The summed E-state index contributed by atoms with van der Waals surface area (Å²) >= 11 is 0. The number of nitrogens with zero attached hydrogens (tertiary/aromatic N) is 1. The molecule has 21 heavy (non-hydrogen) atoms. The summed E-state index contributed by atoms with van der Waals surface area (Å²) in [6.07, 6.45) is 3.50. The quantitative estimate of drug-likeness (QED) is 0.767. The zero-order valence-electron chi connectivity index (χ0n) is 13.1. The van der Waals surface area contributed by atoms with Gasteiger partial charge in [-0.15, -0.1) is 0 Å². The minimum Gasteiger partial charge on any atom is -0.368 e. The smallest absolute Gasteiger partial charge is 0.243 e. The van der Waals surface area contributed by atoms with Crippen LogP contribution in [0.25, 0.3) is 0 Å². The van der Waals surface area contributed by atoms with Gasteiger partial charge in [-0.2, -0.15) is 0 Å². The van der Waals surface area contributed by atoms with Crippen LogP contribution in [0, 0.1) is 5.92 Å². The molecule has 1 atom stereocenters. The average molecular weight is 289 g/mol. The zero-order chi connectivity index (χ0) is 15.5. The highest BCUT2D eigenvalue weighted by Crippen LogP contribution is 2.30. The van der Waals surface area contributed by atoms with Crippen molar-refractivity contribution in [1.29, 1.82) is 0 Å². The van der Waals surface area contributed by atoms with Crippen molar-refractivity contribution in [2.24, 2.45) is 17.4 Å². The van der Waals surface area contributed by atoms with Crippen molar-refractivity contribution in [3.05, 3.63) is 35.9 Å². The Labute approximate surface area is 127 Å². The second kappa shape index (κ2) is 6.58. The molecule has 0 saturated heterocycles. The minimum absolute atomic E-state index is 0.455. The monoisotopic (exact) mass is 289 g/mol. The molecular weight excluding hydrogens is 262 g/mol. The Morgan fingerprint density at radius 1 is 1.33 bits per heavy atom. The van der Waals surface area contributed by atoms with Gasteiger partial charge in [0, 0.05) is 12.6 Å². The van der Waals surface area contributed by atoms with Crippen LogP contribution in [0.1, 0.15) is 38.7 Å². The number of rotatable bonds is 8. The van der Waals surface area contributed by atoms with Gasteiger partial charge in [0.25, 0.3) is 0 Å². The number of amides is 1. The van der Waals surface area contributed by atoms with Crippen molar-refractivity contribution < 1.29 is 4.79 Å². The molecule has 0 heterocycles. The fourth-order valence-electron chi connectivity index (χ4n) is 2.62. The number of carbonyl (C=O) groups is 1. The Bertz CT molecular complexity index is 470. The van der Waals surface area contributed by atoms with Crippen molar-refractivity contribution in [3.63, 3.8) is 0 Å². The van der Waals surface area contributed by atoms with Gasteiger partial charge < -0.3 is 11.5 Å². The minimum atomic E-state index is -1.11. The van der Waals surface area contributed by atoms with Crippen molar-refractivity contribution in [1.82, 2.24) is 4.90 Å². The molecule has 1 aliphatic rings. The van der Waals surface area contributed by atoms with E-state index in [4.69, 9.17) is 11.5 Å². The van der Waals surface area contributed by atoms with E-state index in [1.165, 1.54) is 12.8 Å². The summed E-state index contributed by atoms with van der Waals surface area (Å²) in [4.78, 5) is 14.4. The van der Waals surface area contributed by atoms with Crippen molar-refractivity contribution in [3.8, 4) is 0 Å². The molecule has 1 amide bonds. The van der Waals surface area contributed by atoms with E-state index >= 15 is 0 Å². The maximum absolute atomic E-state index is 12.0. The van der Waals surface area contributed by atoms with Gasteiger partial charge in [-0.05, 0) is 37.3 Å². The largest absolute Gasteiger partial charge is 0.368 e. The topological polar surface area (TPSA) is 72.3 Å². The number of nitrogens with two attached hydrogens (primary N) is 2. The molecule has 116 valence electrons. The first-order valence-corrected chi connectivity index (χ1v) is 7.82. The molecule has 0 aliphatic heterocycles. The van der Waals surface area contributed by atoms with Gasteiger partial charge in [-0.1, -0.05) is 44.2 Å². The van der Waals surface area contributed by atoms with Crippen LogP contribution < -0.4 is 11.5 Å². The van der Waals surface area contributed by atoms with Crippen molar-refractivity contribution in [2.45, 2.75) is 44.7 Å². The van der Waals surface area contributed by atoms with E-state index in [-0.39, 0.29) is 0 Å². The third-order valence-electron chi connectivity index (χ3n) is 4.24. The molecule has 1 unspecified atom stereocenters. The number of hydrogen-bond donors (Lipinski definition) is 2. The lowest BCUT2D eigenvalue weighted by molar-refractivity contribution is -0.124. The molecule has 2 rings (SSSR count). The molecule has 4 N–H and O–H groups in total. The molecule has 0 spiro atoms. The molecule has 1 aromatic rings. The summed E-state index contributed by atoms with van der Waals surface area (Å²) in [7, 11) is 0. The van der Waals surface area contributed by atoms with Gasteiger partial charge in [-0.25, -0.2) is 0 Å². The van der Waals surface area contributed by atoms with Crippen LogP contribution in [-0.2, 0) is 10.3 Å². The van der Waals surface area contributed by atoms with Gasteiger partial charge in [0.2, 0.25) is 5.91 Å². The predicted octanol–water partition coefficient (Wildman–Crippen LogP) is 1.84. The Morgan fingerprint density at radius 3 is 2.43 bits per heavy atom. The molecule has 0 aromatic heterocycles. The number of carbonyl (C=O) groups excluding carboxylic acids is 1. The van der Waals surface area contributed by atoms with Crippen LogP contribution in [0.2, 0.25) is 0 Å². The predicted molar refractivity (Wildman–Crippen MR) is 85.6 cm³/mol. The van der Waals surface area contributed by atoms with Crippen LogP contribution in [-0.4, -0.2) is 29.9 Å². The van der Waals surface area contributed by atoms with Crippen LogP contribution in [0.5, 0.6) is 0 Å². The Kier molecular flexibility index (Phi) is 5.01. The van der Waals surface area contributed by atoms with E-state index in [1.807, 2.05) is 30.3 Å². The summed E-state index contributed by atoms with van der Waals surface area (Å²) < 4.78 is 0. The SMILES string of the molecule is CC(C)CCN(CC(N)(C(N)=O)c1ccccc1)C1CC1. The molecule has 1 saturated carbocycles. The molecular formula is C17H27N3O. The standard InChI is InChI=1S/C17H27N3O/c1-13(2)10-11-20(15-8-9-15)12-17(19,16(18)21)14-6-4-3-5-7-14/h3-7,13,15H,8-12,19H2,1-2H3,(H2,18,21). The van der Waals surface area contributed by atoms with Gasteiger partial charge in [-0.3, -0.25) is 9.69 Å². The lowest BCUT2D eigenvalue weighted by Crippen LogP contribution is -2.57. The average Bonchev–Trinajstić information content (AvgIpc) is 3.28. The Morgan fingerprint density at radius 2 is 1.95 bits per heavy atom. The van der Waals surface area contributed by atoms with E-state index in [1.54, 1.807) is 0 Å². The summed E-state index contributed by atoms with van der Waals surface area (Å²) in [5.74, 6) is 0.188. The Balaban J connectivity index is 2.15. The highest BCUT2D eigenvalue weighted by Gasteiger charge is 2.40. The van der Waals surface area contributed by atoms with Gasteiger partial charge in [0.1, 0.15) is 5.54 Å². The molecule has 4 heteroatoms. The van der Waals surface area contributed by atoms with Crippen molar-refractivity contribution in [2.75, 3.05) is 13.1 Å². The fourth-order valence-corrected chi connectivity index (χ4v) is 2.62. The summed E-state index contributed by atoms with van der Waals surface area (Å²) in [6, 6.07) is 10.1. The lowest BCUT2D eigenvalue weighted by Gasteiger charge is -2.34. The van der Waals surface area contributed by atoms with Crippen LogP contribution in [0.15, 0.2) is 30.3 Å². The summed E-state index contributed by atoms with van der Waals surface area (Å²) in [5.41, 5.74) is 11.7. The molecule has 4 nitrogen and oxygen atoms in total.